The topological polar surface area (TPSA) is 57.6 Å². The summed E-state index contributed by atoms with van der Waals surface area (Å²) < 4.78 is 335. The van der Waals surface area contributed by atoms with Crippen LogP contribution in [0.2, 0.25) is 0 Å². The van der Waals surface area contributed by atoms with Crippen LogP contribution in [0.15, 0.2) is 18.5 Å². The summed E-state index contributed by atoms with van der Waals surface area (Å²) in [4.78, 5) is 0. The summed E-state index contributed by atoms with van der Waals surface area (Å²) in [6.45, 7) is -5.49. The van der Waals surface area contributed by atoms with Crippen molar-refractivity contribution in [2.45, 2.75) is 64.5 Å². The number of aliphatic hydroxyl groups is 1. The second-order valence-electron chi connectivity index (χ2n) is 8.20. The number of alkyl halides is 23. The molecule has 0 saturated heterocycles. The zero-order valence-electron chi connectivity index (χ0n) is 20.2. The van der Waals surface area contributed by atoms with Gasteiger partial charge in [0.15, 0.2) is 6.67 Å². The van der Waals surface area contributed by atoms with Gasteiger partial charge in [0.1, 0.15) is 0 Å². The minimum absolute atomic E-state index is 0.556. The molecule has 0 aliphatic rings. The van der Waals surface area contributed by atoms with Crippen LogP contribution in [0.3, 0.4) is 0 Å². The molecule has 0 spiro atoms. The maximum atomic E-state index is 14.1. The maximum Gasteiger partial charge on any atom is 0.432 e. The van der Waals surface area contributed by atoms with Crippen molar-refractivity contribution >= 4 is 10.0 Å². The third-order valence-electron chi connectivity index (χ3n) is 5.34. The van der Waals surface area contributed by atoms with E-state index < -0.39 is 105 Å². The van der Waals surface area contributed by atoms with Crippen molar-refractivity contribution in [3.8, 4) is 0 Å². The van der Waals surface area contributed by atoms with Crippen molar-refractivity contribution in [3.63, 3.8) is 0 Å². The number of rotatable bonds is 16. The molecule has 0 atom stereocenters. The number of aliphatic hydroxyl groups excluding tert-OH is 1. The minimum atomic E-state index is -9.57. The van der Waals surface area contributed by atoms with E-state index in [0.29, 0.717) is 0 Å². The summed E-state index contributed by atoms with van der Waals surface area (Å²) in [6.07, 6.45) is -0.556. The van der Waals surface area contributed by atoms with Crippen LogP contribution in [0.5, 0.6) is 0 Å². The van der Waals surface area contributed by atoms with Crippen LogP contribution in [-0.2, 0) is 10.0 Å². The van der Waals surface area contributed by atoms with Gasteiger partial charge >= 0.3 is 74.5 Å². The molecule has 268 valence electrons. The summed E-state index contributed by atoms with van der Waals surface area (Å²) in [7, 11) is -7.78. The second kappa shape index (κ2) is 11.4. The van der Waals surface area contributed by atoms with Gasteiger partial charge < -0.3 is 5.11 Å². The van der Waals surface area contributed by atoms with Crippen LogP contribution in [0.4, 0.5) is 101 Å². The molecule has 1 N–H and O–H groups in total. The Hall–Kier alpha value is -2.38. The first kappa shape index (κ1) is 42.6. The predicted octanol–water partition coefficient (Wildman–Crippen LogP) is 6.82. The maximum absolute atomic E-state index is 14.1. The van der Waals surface area contributed by atoms with Crippen molar-refractivity contribution in [2.24, 2.45) is 0 Å². The number of halogens is 23. The molecule has 28 heteroatoms. The molecule has 0 aliphatic heterocycles. The standard InChI is InChI=1S/C17H10F23NO3S/c1-2-3-41(4-5-42)45(43,44)17(39,40)16(37,38)15(35,36)14(33,34)13(31,32)12(29,30)11(27,28)10(25,26)9(23,24)8(21,22)7(19,20)6-18/h3,42H,1,4-6H2. The van der Waals surface area contributed by atoms with E-state index in [2.05, 4.69) is 6.58 Å². The third kappa shape index (κ3) is 5.24. The van der Waals surface area contributed by atoms with Crippen LogP contribution in [-0.4, -0.2) is 102 Å². The van der Waals surface area contributed by atoms with Gasteiger partial charge in [0.2, 0.25) is 0 Å². The Bertz CT molecular complexity index is 1240. The average Bonchev–Trinajstić information content (AvgIpc) is 2.86. The average molecular weight is 745 g/mol. The molecule has 0 heterocycles. The predicted molar refractivity (Wildman–Crippen MR) is 96.8 cm³/mol. The van der Waals surface area contributed by atoms with E-state index in [4.69, 9.17) is 5.11 Å². The Morgan fingerprint density at radius 1 is 0.556 bits per heavy atom. The van der Waals surface area contributed by atoms with E-state index in [-0.39, 0.29) is 0 Å². The van der Waals surface area contributed by atoms with Crippen molar-refractivity contribution < 1.29 is 115 Å². The van der Waals surface area contributed by atoms with Crippen molar-refractivity contribution in [2.75, 3.05) is 19.8 Å². The Balaban J connectivity index is 7.50. The van der Waals surface area contributed by atoms with Gasteiger partial charge in [-0.05, 0) is 0 Å². The summed E-state index contributed by atoms with van der Waals surface area (Å²) >= 11 is 0. The molecule has 0 fully saturated rings. The molecule has 0 radical (unpaired) electrons. The lowest BCUT2D eigenvalue weighted by atomic mass is 9.85. The van der Waals surface area contributed by atoms with Gasteiger partial charge in [0.05, 0.1) is 19.4 Å². The van der Waals surface area contributed by atoms with Gasteiger partial charge in [-0.3, -0.25) is 4.31 Å². The van der Waals surface area contributed by atoms with Crippen LogP contribution >= 0.6 is 0 Å². The van der Waals surface area contributed by atoms with E-state index in [1.807, 2.05) is 0 Å². The first-order valence-electron chi connectivity index (χ1n) is 10.0. The van der Waals surface area contributed by atoms with Gasteiger partial charge in [0, 0.05) is 0 Å². The van der Waals surface area contributed by atoms with E-state index in [1.54, 1.807) is 0 Å². The minimum Gasteiger partial charge on any atom is -0.394 e. The molecule has 0 bridgehead atoms. The molecule has 0 aromatic rings. The van der Waals surface area contributed by atoms with Gasteiger partial charge in [0.25, 0.3) is 0 Å². The van der Waals surface area contributed by atoms with Crippen LogP contribution in [0, 0.1) is 0 Å². The molecule has 0 rings (SSSR count). The Morgan fingerprint density at radius 3 is 1.07 bits per heavy atom. The second-order valence-corrected chi connectivity index (χ2v) is 10.1. The van der Waals surface area contributed by atoms with E-state index >= 15 is 0 Å². The summed E-state index contributed by atoms with van der Waals surface area (Å²) in [6, 6.07) is 0. The molecule has 0 aromatic carbocycles. The smallest absolute Gasteiger partial charge is 0.394 e. The van der Waals surface area contributed by atoms with Crippen molar-refractivity contribution in [3.05, 3.63) is 18.5 Å². The molecule has 0 amide bonds. The summed E-state index contributed by atoms with van der Waals surface area (Å²) in [5.74, 6) is -89.9. The van der Waals surface area contributed by atoms with Gasteiger partial charge in [-0.2, -0.15) is 105 Å². The lowest BCUT2D eigenvalue weighted by molar-refractivity contribution is -0.472. The number of hydrogen-bond donors (Lipinski definition) is 1. The first-order valence-corrected chi connectivity index (χ1v) is 11.5. The molecule has 0 aromatic heterocycles. The van der Waals surface area contributed by atoms with E-state index in [1.165, 1.54) is 0 Å². The molecule has 0 unspecified atom stereocenters. The number of hydrogen-bond acceptors (Lipinski definition) is 3. The number of sulfonamides is 1. The van der Waals surface area contributed by atoms with Gasteiger partial charge in [-0.15, -0.1) is 5.73 Å². The highest BCUT2D eigenvalue weighted by Crippen LogP contribution is 2.67. The highest BCUT2D eigenvalue weighted by atomic mass is 32.2. The molecular formula is C17H10F23NO3S. The largest absolute Gasteiger partial charge is 0.432 e. The molecule has 0 saturated carbocycles. The summed E-state index contributed by atoms with van der Waals surface area (Å²) in [5.41, 5.74) is 1.15. The fourth-order valence-corrected chi connectivity index (χ4v) is 3.92. The Kier molecular flexibility index (Phi) is 10.8. The zero-order chi connectivity index (χ0) is 37.1. The summed E-state index contributed by atoms with van der Waals surface area (Å²) in [5, 5.41) is 0.539. The lowest BCUT2D eigenvalue weighted by Gasteiger charge is -2.45. The third-order valence-corrected chi connectivity index (χ3v) is 7.15. The van der Waals surface area contributed by atoms with Gasteiger partial charge in [-0.25, -0.2) is 4.39 Å². The van der Waals surface area contributed by atoms with Gasteiger partial charge in [-0.1, -0.05) is 6.58 Å². The molecule has 45 heavy (non-hydrogen) atoms. The molecule has 0 aliphatic carbocycles. The fourth-order valence-electron chi connectivity index (χ4n) is 2.64. The van der Waals surface area contributed by atoms with E-state index in [9.17, 15) is 109 Å². The highest BCUT2D eigenvalue weighted by molar-refractivity contribution is 7.90. The van der Waals surface area contributed by atoms with Crippen molar-refractivity contribution in [1.29, 1.82) is 0 Å². The zero-order valence-corrected chi connectivity index (χ0v) is 21.0. The normalized spacial score (nSPS) is 16.0. The number of nitrogens with zero attached hydrogens (tertiary/aromatic N) is 1. The molecule has 4 nitrogen and oxygen atoms in total. The van der Waals surface area contributed by atoms with Crippen LogP contribution in [0.1, 0.15) is 0 Å². The van der Waals surface area contributed by atoms with Crippen molar-refractivity contribution in [1.82, 2.24) is 4.31 Å². The molecular weight excluding hydrogens is 735 g/mol. The van der Waals surface area contributed by atoms with Crippen LogP contribution < -0.4 is 0 Å². The van der Waals surface area contributed by atoms with E-state index in [0.717, 1.165) is 5.73 Å². The first-order chi connectivity index (χ1) is 19.3. The monoisotopic (exact) mass is 745 g/mol. The lowest BCUT2D eigenvalue weighted by Crippen LogP contribution is -2.78. The SMILES string of the molecule is C=C=CN(CCO)S(=O)(=O)C(F)(F)C(F)(F)C(F)(F)C(F)(F)C(F)(F)C(F)(F)C(F)(F)C(F)(F)C(F)(F)C(F)(F)C(F)(F)CF. The fraction of sp³-hybridized carbons (Fsp3) is 0.824. The quantitative estimate of drug-likeness (QED) is 0.140. The van der Waals surface area contributed by atoms with Crippen LogP contribution in [0.25, 0.3) is 0 Å². The highest BCUT2D eigenvalue weighted by Gasteiger charge is 2.99. The Morgan fingerprint density at radius 2 is 0.822 bits per heavy atom. The Labute approximate surface area is 232 Å².